The Hall–Kier alpha value is -1.30. The lowest BCUT2D eigenvalue weighted by Crippen LogP contribution is -2.21. The Morgan fingerprint density at radius 3 is 2.50 bits per heavy atom. The van der Waals surface area contributed by atoms with Crippen molar-refractivity contribution in [1.29, 1.82) is 0 Å². The van der Waals surface area contributed by atoms with Crippen LogP contribution in [0.3, 0.4) is 0 Å². The Bertz CT molecular complexity index is 438. The highest BCUT2D eigenvalue weighted by Gasteiger charge is 2.04. The average molecular weight is 273 g/mol. The van der Waals surface area contributed by atoms with Gasteiger partial charge in [0.05, 0.1) is 6.10 Å². The van der Waals surface area contributed by atoms with Crippen molar-refractivity contribution in [2.24, 2.45) is 11.7 Å². The first-order valence-corrected chi connectivity index (χ1v) is 7.68. The summed E-state index contributed by atoms with van der Waals surface area (Å²) in [5.74, 6) is 7.18. The molecular formula is C18H27NO. The fourth-order valence-electron chi connectivity index (χ4n) is 2.30. The highest BCUT2D eigenvalue weighted by Crippen LogP contribution is 2.13. The molecule has 0 aliphatic carbocycles. The monoisotopic (exact) mass is 273 g/mol. The van der Waals surface area contributed by atoms with E-state index in [2.05, 4.69) is 31.8 Å². The topological polar surface area (TPSA) is 46.2 Å². The van der Waals surface area contributed by atoms with Crippen LogP contribution in [0, 0.1) is 17.8 Å². The normalized spacial score (nSPS) is 12.1. The van der Waals surface area contributed by atoms with E-state index in [0.29, 0.717) is 18.9 Å². The van der Waals surface area contributed by atoms with Crippen LogP contribution in [-0.2, 0) is 6.42 Å². The van der Waals surface area contributed by atoms with Gasteiger partial charge >= 0.3 is 0 Å². The van der Waals surface area contributed by atoms with Gasteiger partial charge in [0.1, 0.15) is 0 Å². The molecular weight excluding hydrogens is 246 g/mol. The highest BCUT2D eigenvalue weighted by atomic mass is 16.3. The summed E-state index contributed by atoms with van der Waals surface area (Å²) >= 11 is 0. The highest BCUT2D eigenvalue weighted by molar-refractivity contribution is 5.37. The first-order valence-electron chi connectivity index (χ1n) is 7.68. The van der Waals surface area contributed by atoms with Crippen molar-refractivity contribution in [2.45, 2.75) is 52.1 Å². The van der Waals surface area contributed by atoms with Gasteiger partial charge in [-0.1, -0.05) is 50.7 Å². The summed E-state index contributed by atoms with van der Waals surface area (Å²) in [6.45, 7) is 4.71. The van der Waals surface area contributed by atoms with Gasteiger partial charge in [-0.25, -0.2) is 0 Å². The molecule has 0 aliphatic rings. The van der Waals surface area contributed by atoms with Crippen LogP contribution in [0.25, 0.3) is 0 Å². The maximum absolute atomic E-state index is 9.60. The van der Waals surface area contributed by atoms with Crippen molar-refractivity contribution >= 4 is 0 Å². The fourth-order valence-corrected chi connectivity index (χ4v) is 2.30. The Balaban J connectivity index is 2.74. The minimum atomic E-state index is -0.467. The second-order valence-electron chi connectivity index (χ2n) is 5.34. The summed E-state index contributed by atoms with van der Waals surface area (Å²) in [4.78, 5) is 0. The molecule has 3 N–H and O–H groups in total. The molecule has 1 rings (SSSR count). The lowest BCUT2D eigenvalue weighted by Gasteiger charge is -2.08. The van der Waals surface area contributed by atoms with Crippen LogP contribution in [0.4, 0.5) is 0 Å². The first kappa shape index (κ1) is 16.8. The minimum absolute atomic E-state index is 0.297. The van der Waals surface area contributed by atoms with Gasteiger partial charge in [-0.15, -0.1) is 0 Å². The number of aliphatic hydroxyl groups is 1. The molecule has 1 aromatic carbocycles. The second kappa shape index (κ2) is 9.58. The molecule has 0 aliphatic heterocycles. The van der Waals surface area contributed by atoms with E-state index in [4.69, 9.17) is 5.73 Å². The van der Waals surface area contributed by atoms with E-state index < -0.39 is 6.10 Å². The lowest BCUT2D eigenvalue weighted by molar-refractivity contribution is 0.183. The third kappa shape index (κ3) is 6.23. The van der Waals surface area contributed by atoms with Crippen LogP contribution < -0.4 is 5.73 Å². The van der Waals surface area contributed by atoms with Gasteiger partial charge in [0.25, 0.3) is 0 Å². The van der Waals surface area contributed by atoms with Crippen molar-refractivity contribution < 1.29 is 5.11 Å². The van der Waals surface area contributed by atoms with Gasteiger partial charge in [0.2, 0.25) is 0 Å². The zero-order valence-corrected chi connectivity index (χ0v) is 12.7. The van der Waals surface area contributed by atoms with E-state index in [9.17, 15) is 5.11 Å². The van der Waals surface area contributed by atoms with Gasteiger partial charge in [-0.3, -0.25) is 0 Å². The molecule has 0 saturated heterocycles. The molecule has 0 heterocycles. The quantitative estimate of drug-likeness (QED) is 0.750. The van der Waals surface area contributed by atoms with Crippen molar-refractivity contribution in [2.75, 3.05) is 6.54 Å². The molecule has 0 saturated carbocycles. The standard InChI is InChI=1S/C18H27NO/c1-3-6-15(7-4-2)10-11-16-8-5-9-17(12-16)13-18(20)14-19/h5,8-9,12,15,18,20H,3-4,6-7,13-14,19H2,1-2H3. The predicted molar refractivity (Wildman–Crippen MR) is 85.4 cm³/mol. The maximum Gasteiger partial charge on any atom is 0.0702 e. The Labute approximate surface area is 123 Å². The number of aliphatic hydroxyl groups excluding tert-OH is 1. The van der Waals surface area contributed by atoms with Gasteiger partial charge in [0.15, 0.2) is 0 Å². The van der Waals surface area contributed by atoms with Crippen LogP contribution in [0.15, 0.2) is 24.3 Å². The number of hydrogen-bond donors (Lipinski definition) is 2. The van der Waals surface area contributed by atoms with Crippen molar-refractivity contribution in [3.63, 3.8) is 0 Å². The number of rotatable bonds is 7. The second-order valence-corrected chi connectivity index (χ2v) is 5.34. The van der Waals surface area contributed by atoms with E-state index >= 15 is 0 Å². The third-order valence-corrected chi connectivity index (χ3v) is 3.37. The SMILES string of the molecule is CCCC(C#Cc1cccc(CC(O)CN)c1)CCC. The van der Waals surface area contributed by atoms with Crippen molar-refractivity contribution in [3.8, 4) is 11.8 Å². The number of nitrogens with two attached hydrogens (primary N) is 1. The van der Waals surface area contributed by atoms with Crippen LogP contribution in [-0.4, -0.2) is 17.8 Å². The molecule has 0 amide bonds. The number of benzene rings is 1. The van der Waals surface area contributed by atoms with Crippen LogP contribution in [0.5, 0.6) is 0 Å². The molecule has 0 fully saturated rings. The van der Waals surface area contributed by atoms with Gasteiger partial charge in [0, 0.05) is 18.0 Å². The average Bonchev–Trinajstić information content (AvgIpc) is 2.45. The van der Waals surface area contributed by atoms with Crippen LogP contribution >= 0.6 is 0 Å². The van der Waals surface area contributed by atoms with Crippen molar-refractivity contribution in [1.82, 2.24) is 0 Å². The Morgan fingerprint density at radius 2 is 1.90 bits per heavy atom. The molecule has 1 unspecified atom stereocenters. The third-order valence-electron chi connectivity index (χ3n) is 3.37. The molecule has 0 radical (unpaired) electrons. The summed E-state index contributed by atoms with van der Waals surface area (Å²) in [7, 11) is 0. The summed E-state index contributed by atoms with van der Waals surface area (Å²) < 4.78 is 0. The Morgan fingerprint density at radius 1 is 1.20 bits per heavy atom. The van der Waals surface area contributed by atoms with Crippen molar-refractivity contribution in [3.05, 3.63) is 35.4 Å². The van der Waals surface area contributed by atoms with Gasteiger partial charge in [-0.2, -0.15) is 0 Å². The summed E-state index contributed by atoms with van der Waals surface area (Å²) in [6.07, 6.45) is 4.84. The predicted octanol–water partition coefficient (Wildman–Crippen LogP) is 3.12. The molecule has 1 aromatic rings. The molecule has 1 atom stereocenters. The molecule has 2 nitrogen and oxygen atoms in total. The summed E-state index contributed by atoms with van der Waals surface area (Å²) in [6, 6.07) is 8.10. The van der Waals surface area contributed by atoms with E-state index in [1.54, 1.807) is 0 Å². The molecule has 0 bridgehead atoms. The zero-order valence-electron chi connectivity index (χ0n) is 12.7. The van der Waals surface area contributed by atoms with E-state index in [-0.39, 0.29) is 0 Å². The molecule has 2 heteroatoms. The van der Waals surface area contributed by atoms with E-state index in [0.717, 1.165) is 11.1 Å². The van der Waals surface area contributed by atoms with Gasteiger partial charge in [-0.05, 0) is 37.0 Å². The van der Waals surface area contributed by atoms with E-state index in [1.165, 1.54) is 25.7 Å². The van der Waals surface area contributed by atoms with E-state index in [1.807, 2.05) is 18.2 Å². The fraction of sp³-hybridized carbons (Fsp3) is 0.556. The largest absolute Gasteiger partial charge is 0.391 e. The first-order chi connectivity index (χ1) is 9.69. The Kier molecular flexibility index (Phi) is 8.02. The van der Waals surface area contributed by atoms with Gasteiger partial charge < -0.3 is 10.8 Å². The number of hydrogen-bond acceptors (Lipinski definition) is 2. The zero-order chi connectivity index (χ0) is 14.8. The minimum Gasteiger partial charge on any atom is -0.391 e. The molecule has 110 valence electrons. The van der Waals surface area contributed by atoms with Crippen LogP contribution in [0.2, 0.25) is 0 Å². The summed E-state index contributed by atoms with van der Waals surface area (Å²) in [5, 5.41) is 9.60. The smallest absolute Gasteiger partial charge is 0.0702 e. The lowest BCUT2D eigenvalue weighted by atomic mass is 9.98. The van der Waals surface area contributed by atoms with Crippen LogP contribution in [0.1, 0.15) is 50.7 Å². The molecule has 0 spiro atoms. The molecule has 20 heavy (non-hydrogen) atoms. The summed E-state index contributed by atoms with van der Waals surface area (Å²) in [5.41, 5.74) is 7.57. The maximum atomic E-state index is 9.60. The molecule has 0 aromatic heterocycles.